The zero-order chi connectivity index (χ0) is 52.5. The largest absolute Gasteiger partial charge is 0.507 e. The fraction of sp³-hybridized carbons (Fsp3) is 0.500. The number of benzene rings is 2. The molecule has 74 heavy (non-hydrogen) atoms. The van der Waals surface area contributed by atoms with Gasteiger partial charge in [-0.25, -0.2) is 27.9 Å². The van der Waals surface area contributed by atoms with Gasteiger partial charge in [0, 0.05) is 91.8 Å². The molecule has 0 unspecified atom stereocenters. The van der Waals surface area contributed by atoms with Crippen LogP contribution in [-0.4, -0.2) is 153 Å². The predicted octanol–water partition coefficient (Wildman–Crippen LogP) is 4.75. The van der Waals surface area contributed by atoms with Crippen LogP contribution in [0.4, 0.5) is 10.7 Å². The lowest BCUT2D eigenvalue weighted by atomic mass is 9.80. The number of phenols is 1. The normalized spacial score (nSPS) is 21.0. The van der Waals surface area contributed by atoms with E-state index in [2.05, 4.69) is 53.2 Å². The molecule has 7 heterocycles. The number of aliphatic hydroxyl groups is 1. The number of aromatic amines is 1. The lowest BCUT2D eigenvalue weighted by molar-refractivity contribution is -0.142. The van der Waals surface area contributed by atoms with Gasteiger partial charge in [0.2, 0.25) is 27.8 Å². The number of terminal acetylenes is 1. The number of carbonyl (C=O) groups excluding carboxylic acids is 3. The Labute approximate surface area is 433 Å². The second kappa shape index (κ2) is 21.7. The number of β-amino-alcohol motifs (C(OH)–C–C–N with tert-alkyl or cyclic N) is 1. The molecular formula is C54H68N12O7S. The molecule has 5 aromatic rings. The van der Waals surface area contributed by atoms with Crippen LogP contribution in [-0.2, 0) is 26.0 Å². The molecule has 20 heteroatoms. The minimum Gasteiger partial charge on any atom is -0.507 e. The van der Waals surface area contributed by atoms with E-state index in [1.807, 2.05) is 49.6 Å². The fourth-order valence-electron chi connectivity index (χ4n) is 11.4. The number of fused-ring (bicyclic) bond motifs is 3. The summed E-state index contributed by atoms with van der Waals surface area (Å²) < 4.78 is 26.5. The number of phenolic OH excluding ortho intramolecular Hbond substituents is 1. The van der Waals surface area contributed by atoms with E-state index in [-0.39, 0.29) is 43.8 Å². The lowest BCUT2D eigenvalue weighted by Crippen LogP contribution is -2.61. The minimum absolute atomic E-state index is 0.0231. The Bertz CT molecular complexity index is 3000. The number of H-pyrrole nitrogens is 1. The molecule has 9 rings (SSSR count). The number of likely N-dealkylation sites (tertiary alicyclic amines) is 3. The highest BCUT2D eigenvalue weighted by atomic mass is 32.2. The van der Waals surface area contributed by atoms with Crippen molar-refractivity contribution in [3.8, 4) is 29.4 Å². The number of anilines is 1. The molecule has 4 aliphatic heterocycles. The van der Waals surface area contributed by atoms with E-state index >= 15 is 0 Å². The number of piperidine rings is 2. The van der Waals surface area contributed by atoms with Crippen molar-refractivity contribution in [2.75, 3.05) is 57.0 Å². The van der Waals surface area contributed by atoms with Crippen LogP contribution in [0.15, 0.2) is 67.0 Å². The van der Waals surface area contributed by atoms with Crippen molar-refractivity contribution in [1.29, 1.82) is 0 Å². The number of nitrogens with one attached hydrogen (secondary N) is 4. The van der Waals surface area contributed by atoms with Gasteiger partial charge in [0.15, 0.2) is 5.65 Å². The van der Waals surface area contributed by atoms with Crippen molar-refractivity contribution in [2.45, 2.75) is 115 Å². The molecule has 0 radical (unpaired) electrons. The SMILES string of the molecule is C#Cc1ccc([C@H](C)NC(=O)[C@@H]2C[C@@H](O)CN2C(=O)[C@@H](NC(=O)N2CCC(N3CCC(c4cnc(N5CCc6[nH]c7nnc(-c8ccccc8O)cc7c6[C@H]5C)nc4)CC3)CC2)C(C)(C)CCNS(C)(=O)=O)cc1. The van der Waals surface area contributed by atoms with Gasteiger partial charge in [-0.3, -0.25) is 9.59 Å². The molecule has 0 aliphatic carbocycles. The summed E-state index contributed by atoms with van der Waals surface area (Å²) in [5.74, 6) is 2.77. The molecule has 0 bridgehead atoms. The smallest absolute Gasteiger partial charge is 0.318 e. The first-order valence-electron chi connectivity index (χ1n) is 25.7. The van der Waals surface area contributed by atoms with Crippen LogP contribution >= 0.6 is 0 Å². The summed E-state index contributed by atoms with van der Waals surface area (Å²) in [6, 6.07) is 13.7. The molecule has 3 saturated heterocycles. The van der Waals surface area contributed by atoms with Crippen molar-refractivity contribution in [1.82, 2.24) is 55.2 Å². The molecule has 3 aromatic heterocycles. The van der Waals surface area contributed by atoms with Crippen LogP contribution in [0.1, 0.15) is 112 Å². The van der Waals surface area contributed by atoms with Gasteiger partial charge in [0.05, 0.1) is 30.1 Å². The van der Waals surface area contributed by atoms with E-state index in [9.17, 15) is 33.0 Å². The topological polar surface area (TPSA) is 242 Å². The number of aromatic hydroxyl groups is 1. The van der Waals surface area contributed by atoms with Crippen LogP contribution in [0.2, 0.25) is 0 Å². The van der Waals surface area contributed by atoms with Crippen molar-refractivity contribution >= 4 is 44.9 Å². The zero-order valence-corrected chi connectivity index (χ0v) is 43.6. The third-order valence-corrected chi connectivity index (χ3v) is 16.5. The first kappa shape index (κ1) is 52.2. The van der Waals surface area contributed by atoms with Crippen LogP contribution in [0.3, 0.4) is 0 Å². The Hall–Kier alpha value is -6.66. The summed E-state index contributed by atoms with van der Waals surface area (Å²) in [5, 5.41) is 37.2. The highest BCUT2D eigenvalue weighted by molar-refractivity contribution is 7.88. The second-order valence-electron chi connectivity index (χ2n) is 21.2. The standard InChI is InChI=1S/C54H68N12O7S/c1-7-35-12-14-36(15-13-35)33(2)58-50(69)45-28-40(67)32-66(45)51(70)48(54(4,5)21-22-57-74(6,72)73)60-53(71)64-25-18-39(19-26-64)63-23-16-37(17-24-63)38-30-55-52(56-31-38)65-27-20-43-47(34(65)3)42-29-44(61-62-49(42)59-43)41-10-8-9-11-46(41)68/h1,8-15,29-31,33-34,37,39-40,45,48,57,67-68H,16-28,32H2,2-6H3,(H,58,69)(H,59,62)(H,60,71)/t33-,34+,40+,45-,48+/m0/s1. The average Bonchev–Trinajstić information content (AvgIpc) is 3.98. The maximum atomic E-state index is 14.7. The number of aromatic nitrogens is 5. The maximum Gasteiger partial charge on any atom is 0.318 e. The molecule has 0 spiro atoms. The Morgan fingerprint density at radius 2 is 1.66 bits per heavy atom. The number of amides is 4. The molecular weight excluding hydrogens is 961 g/mol. The molecule has 4 aliphatic rings. The van der Waals surface area contributed by atoms with Crippen molar-refractivity contribution in [3.63, 3.8) is 0 Å². The molecule has 2 aromatic carbocycles. The second-order valence-corrected chi connectivity index (χ2v) is 23.0. The number of nitrogens with zero attached hydrogens (tertiary/aromatic N) is 8. The molecule has 5 atom stereocenters. The Balaban J connectivity index is 0.795. The maximum absolute atomic E-state index is 14.7. The molecule has 6 N–H and O–H groups in total. The van der Waals surface area contributed by atoms with Gasteiger partial charge in [-0.05, 0) is 112 Å². The highest BCUT2D eigenvalue weighted by Gasteiger charge is 2.47. The molecule has 4 amide bonds. The first-order chi connectivity index (χ1) is 35.4. The average molecular weight is 1030 g/mol. The molecule has 3 fully saturated rings. The van der Waals surface area contributed by atoms with Gasteiger partial charge < -0.3 is 45.4 Å². The number of para-hydroxylation sites is 1. The van der Waals surface area contributed by atoms with E-state index in [1.165, 1.54) is 4.90 Å². The number of hydrogen-bond donors (Lipinski definition) is 6. The monoisotopic (exact) mass is 1030 g/mol. The Kier molecular flexibility index (Phi) is 15.3. The summed E-state index contributed by atoms with van der Waals surface area (Å²) in [7, 11) is -3.53. The third-order valence-electron chi connectivity index (χ3n) is 15.8. The van der Waals surface area contributed by atoms with Crippen molar-refractivity contribution < 1.29 is 33.0 Å². The predicted molar refractivity (Wildman–Crippen MR) is 281 cm³/mol. The number of rotatable bonds is 14. The molecule has 0 saturated carbocycles. The van der Waals surface area contributed by atoms with Crippen LogP contribution in [0.5, 0.6) is 5.75 Å². The lowest BCUT2D eigenvalue weighted by Gasteiger charge is -2.43. The van der Waals surface area contributed by atoms with Gasteiger partial charge in [-0.2, -0.15) is 0 Å². The van der Waals surface area contributed by atoms with E-state index in [1.54, 1.807) is 43.0 Å². The Morgan fingerprint density at radius 3 is 2.34 bits per heavy atom. The van der Waals surface area contributed by atoms with E-state index < -0.39 is 57.5 Å². The van der Waals surface area contributed by atoms with E-state index in [0.29, 0.717) is 47.4 Å². The van der Waals surface area contributed by atoms with Crippen molar-refractivity contribution in [3.05, 3.63) is 94.9 Å². The highest BCUT2D eigenvalue weighted by Crippen LogP contribution is 2.39. The van der Waals surface area contributed by atoms with Gasteiger partial charge >= 0.3 is 6.03 Å². The van der Waals surface area contributed by atoms with Crippen LogP contribution < -0.4 is 20.3 Å². The summed E-state index contributed by atoms with van der Waals surface area (Å²) in [6.45, 7) is 11.0. The number of sulfonamides is 1. The zero-order valence-electron chi connectivity index (χ0n) is 42.8. The Morgan fingerprint density at radius 1 is 0.959 bits per heavy atom. The first-order valence-corrected chi connectivity index (χ1v) is 27.6. The van der Waals surface area contributed by atoms with Gasteiger partial charge in [0.25, 0.3) is 0 Å². The summed E-state index contributed by atoms with van der Waals surface area (Å²) in [5.41, 5.74) is 5.88. The molecule has 392 valence electrons. The van der Waals surface area contributed by atoms with Gasteiger partial charge in [-0.15, -0.1) is 16.6 Å². The van der Waals surface area contributed by atoms with E-state index in [0.717, 1.165) is 85.8 Å². The van der Waals surface area contributed by atoms with Gasteiger partial charge in [-0.1, -0.05) is 44.0 Å². The number of urea groups is 1. The van der Waals surface area contributed by atoms with E-state index in [4.69, 9.17) is 16.4 Å². The van der Waals surface area contributed by atoms with Crippen LogP contribution in [0.25, 0.3) is 22.3 Å². The van der Waals surface area contributed by atoms with Gasteiger partial charge in [0.1, 0.15) is 17.8 Å². The molecule has 19 nitrogen and oxygen atoms in total. The summed E-state index contributed by atoms with van der Waals surface area (Å²) in [6.07, 6.45) is 14.0. The number of aliphatic hydroxyl groups excluding tert-OH is 1. The number of hydrogen-bond acceptors (Lipinski definition) is 13. The minimum atomic E-state index is -3.53. The quantitative estimate of drug-likeness (QED) is 0.0825. The third kappa shape index (κ3) is 11.4. The van der Waals surface area contributed by atoms with Crippen molar-refractivity contribution in [2.24, 2.45) is 5.41 Å². The summed E-state index contributed by atoms with van der Waals surface area (Å²) in [4.78, 5) is 63.8. The summed E-state index contributed by atoms with van der Waals surface area (Å²) >= 11 is 0. The number of carbonyl (C=O) groups is 3. The van der Waals surface area contributed by atoms with Crippen LogP contribution in [0, 0.1) is 17.8 Å². The fourth-order valence-corrected chi connectivity index (χ4v) is 11.9.